The van der Waals surface area contributed by atoms with Gasteiger partial charge in [-0.1, -0.05) is 42.0 Å². The van der Waals surface area contributed by atoms with Crippen LogP contribution in [0.3, 0.4) is 0 Å². The Balaban J connectivity index is 1.48. The second-order valence-corrected chi connectivity index (χ2v) is 7.89. The van der Waals surface area contributed by atoms with E-state index in [1.165, 1.54) is 11.1 Å². The molecule has 150 valence electrons. The van der Waals surface area contributed by atoms with Gasteiger partial charge in [-0.05, 0) is 50.5 Å². The molecule has 28 heavy (non-hydrogen) atoms. The average molecular weight is 382 g/mol. The van der Waals surface area contributed by atoms with E-state index in [0.29, 0.717) is 6.54 Å². The zero-order valence-corrected chi connectivity index (χ0v) is 17.3. The number of morpholine rings is 1. The van der Waals surface area contributed by atoms with Gasteiger partial charge >= 0.3 is 6.03 Å². The summed E-state index contributed by atoms with van der Waals surface area (Å²) in [7, 11) is 0. The standard InChI is InChI=1S/C23H31N3O2/c1-16-5-10-22(17(2)11-16)25-23(27)24-12-20-6-8-21(9-7-20)15-26-13-18(3)28-19(4)14-26/h5-11,18-19H,12-15H2,1-4H3,(H2,24,25,27). The van der Waals surface area contributed by atoms with Crippen molar-refractivity contribution in [1.29, 1.82) is 0 Å². The summed E-state index contributed by atoms with van der Waals surface area (Å²) in [6.07, 6.45) is 0.561. The van der Waals surface area contributed by atoms with E-state index in [2.05, 4.69) is 59.7 Å². The Morgan fingerprint density at radius 2 is 1.68 bits per heavy atom. The lowest BCUT2D eigenvalue weighted by Gasteiger charge is -2.35. The molecule has 2 aromatic carbocycles. The van der Waals surface area contributed by atoms with E-state index < -0.39 is 0 Å². The largest absolute Gasteiger partial charge is 0.373 e. The number of hydrogen-bond acceptors (Lipinski definition) is 3. The molecule has 0 radical (unpaired) electrons. The maximum Gasteiger partial charge on any atom is 0.319 e. The Labute approximate surface area is 168 Å². The van der Waals surface area contributed by atoms with Gasteiger partial charge in [0.25, 0.3) is 0 Å². The maximum absolute atomic E-state index is 12.2. The van der Waals surface area contributed by atoms with Crippen LogP contribution in [0.25, 0.3) is 0 Å². The molecule has 5 nitrogen and oxygen atoms in total. The van der Waals surface area contributed by atoms with E-state index in [1.807, 2.05) is 26.0 Å². The number of anilines is 1. The van der Waals surface area contributed by atoms with Gasteiger partial charge in [-0.2, -0.15) is 0 Å². The van der Waals surface area contributed by atoms with Crippen molar-refractivity contribution in [3.05, 3.63) is 64.7 Å². The minimum Gasteiger partial charge on any atom is -0.373 e. The highest BCUT2D eigenvalue weighted by Gasteiger charge is 2.21. The van der Waals surface area contributed by atoms with Crippen molar-refractivity contribution in [2.45, 2.75) is 53.0 Å². The number of carbonyl (C=O) groups excluding carboxylic acids is 1. The minimum atomic E-state index is -0.188. The van der Waals surface area contributed by atoms with E-state index in [-0.39, 0.29) is 18.2 Å². The number of rotatable bonds is 5. The SMILES string of the molecule is Cc1ccc(NC(=O)NCc2ccc(CN3CC(C)OC(C)C3)cc2)c(C)c1. The second kappa shape index (κ2) is 9.22. The zero-order chi connectivity index (χ0) is 20.1. The van der Waals surface area contributed by atoms with Gasteiger partial charge in [-0.25, -0.2) is 4.79 Å². The Bertz CT molecular complexity index is 794. The molecule has 0 spiro atoms. The number of nitrogens with zero attached hydrogens (tertiary/aromatic N) is 1. The lowest BCUT2D eigenvalue weighted by atomic mass is 10.1. The number of carbonyl (C=O) groups is 1. The Hall–Kier alpha value is -2.37. The third-order valence-corrected chi connectivity index (χ3v) is 5.01. The van der Waals surface area contributed by atoms with E-state index >= 15 is 0 Å². The summed E-state index contributed by atoms with van der Waals surface area (Å²) in [5.41, 5.74) is 5.45. The van der Waals surface area contributed by atoms with Crippen LogP contribution in [0.4, 0.5) is 10.5 Å². The van der Waals surface area contributed by atoms with Gasteiger partial charge in [0, 0.05) is 31.9 Å². The highest BCUT2D eigenvalue weighted by molar-refractivity contribution is 5.90. The van der Waals surface area contributed by atoms with Crippen LogP contribution in [0, 0.1) is 13.8 Å². The molecule has 1 heterocycles. The molecule has 5 heteroatoms. The molecule has 0 bridgehead atoms. The van der Waals surface area contributed by atoms with Gasteiger partial charge in [0.05, 0.1) is 12.2 Å². The average Bonchev–Trinajstić information content (AvgIpc) is 2.63. The van der Waals surface area contributed by atoms with Crippen LogP contribution in [0.2, 0.25) is 0 Å². The molecule has 1 aliphatic rings. The van der Waals surface area contributed by atoms with Crippen LogP contribution in [-0.4, -0.2) is 36.2 Å². The monoisotopic (exact) mass is 381 g/mol. The van der Waals surface area contributed by atoms with Gasteiger partial charge in [0.15, 0.2) is 0 Å². The highest BCUT2D eigenvalue weighted by atomic mass is 16.5. The first kappa shape index (κ1) is 20.4. The minimum absolute atomic E-state index is 0.188. The molecule has 0 saturated carbocycles. The number of aryl methyl sites for hydroxylation is 2. The summed E-state index contributed by atoms with van der Waals surface area (Å²) in [6.45, 7) is 11.7. The number of urea groups is 1. The molecule has 0 aliphatic carbocycles. The molecule has 2 N–H and O–H groups in total. The van der Waals surface area contributed by atoms with Crippen molar-refractivity contribution in [3.8, 4) is 0 Å². The number of nitrogens with one attached hydrogen (secondary N) is 2. The number of benzene rings is 2. The molecule has 0 aromatic heterocycles. The Morgan fingerprint density at radius 3 is 2.32 bits per heavy atom. The van der Waals surface area contributed by atoms with Crippen molar-refractivity contribution >= 4 is 11.7 Å². The molecule has 2 atom stereocenters. The fourth-order valence-corrected chi connectivity index (χ4v) is 3.74. The summed E-state index contributed by atoms with van der Waals surface area (Å²) >= 11 is 0. The molecular weight excluding hydrogens is 350 g/mol. The molecular formula is C23H31N3O2. The smallest absolute Gasteiger partial charge is 0.319 e. The molecule has 1 aliphatic heterocycles. The molecule has 2 amide bonds. The first-order chi connectivity index (χ1) is 13.4. The second-order valence-electron chi connectivity index (χ2n) is 7.89. The van der Waals surface area contributed by atoms with Crippen molar-refractivity contribution in [3.63, 3.8) is 0 Å². The fraction of sp³-hybridized carbons (Fsp3) is 0.435. The molecule has 2 unspecified atom stereocenters. The predicted molar refractivity (Wildman–Crippen MR) is 114 cm³/mol. The predicted octanol–water partition coefficient (Wildman–Crippen LogP) is 4.23. The van der Waals surface area contributed by atoms with Gasteiger partial charge in [0.2, 0.25) is 0 Å². The normalized spacial score (nSPS) is 20.0. The number of hydrogen-bond donors (Lipinski definition) is 2. The number of ether oxygens (including phenoxy) is 1. The van der Waals surface area contributed by atoms with Crippen molar-refractivity contribution in [2.75, 3.05) is 18.4 Å². The van der Waals surface area contributed by atoms with Crippen molar-refractivity contribution in [1.82, 2.24) is 10.2 Å². The first-order valence-electron chi connectivity index (χ1n) is 9.97. The van der Waals surface area contributed by atoms with Crippen LogP contribution in [0.5, 0.6) is 0 Å². The van der Waals surface area contributed by atoms with E-state index in [9.17, 15) is 4.79 Å². The topological polar surface area (TPSA) is 53.6 Å². The van der Waals surface area contributed by atoms with Crippen LogP contribution in [0.1, 0.15) is 36.1 Å². The van der Waals surface area contributed by atoms with Crippen LogP contribution >= 0.6 is 0 Å². The summed E-state index contributed by atoms with van der Waals surface area (Å²) in [4.78, 5) is 14.6. The highest BCUT2D eigenvalue weighted by Crippen LogP contribution is 2.16. The maximum atomic E-state index is 12.2. The first-order valence-corrected chi connectivity index (χ1v) is 9.97. The lowest BCUT2D eigenvalue weighted by Crippen LogP contribution is -2.44. The zero-order valence-electron chi connectivity index (χ0n) is 17.3. The quantitative estimate of drug-likeness (QED) is 0.815. The third-order valence-electron chi connectivity index (χ3n) is 5.01. The van der Waals surface area contributed by atoms with Crippen LogP contribution in [-0.2, 0) is 17.8 Å². The van der Waals surface area contributed by atoms with Gasteiger partial charge in [-0.3, -0.25) is 4.90 Å². The Morgan fingerprint density at radius 1 is 1.04 bits per heavy atom. The number of amides is 2. The third kappa shape index (κ3) is 5.81. The summed E-state index contributed by atoms with van der Waals surface area (Å²) in [5, 5.41) is 5.84. The van der Waals surface area contributed by atoms with Crippen LogP contribution in [0.15, 0.2) is 42.5 Å². The van der Waals surface area contributed by atoms with Gasteiger partial charge in [0.1, 0.15) is 0 Å². The van der Waals surface area contributed by atoms with Crippen molar-refractivity contribution < 1.29 is 9.53 Å². The fourth-order valence-electron chi connectivity index (χ4n) is 3.74. The summed E-state index contributed by atoms with van der Waals surface area (Å²) < 4.78 is 5.80. The van der Waals surface area contributed by atoms with E-state index in [4.69, 9.17) is 4.74 Å². The molecule has 1 saturated heterocycles. The molecule has 3 rings (SSSR count). The lowest BCUT2D eigenvalue weighted by molar-refractivity contribution is -0.0704. The van der Waals surface area contributed by atoms with Gasteiger partial charge < -0.3 is 15.4 Å². The van der Waals surface area contributed by atoms with E-state index in [1.54, 1.807) is 0 Å². The van der Waals surface area contributed by atoms with Gasteiger partial charge in [-0.15, -0.1) is 0 Å². The summed E-state index contributed by atoms with van der Waals surface area (Å²) in [5.74, 6) is 0. The van der Waals surface area contributed by atoms with Crippen LogP contribution < -0.4 is 10.6 Å². The molecule has 1 fully saturated rings. The molecule has 2 aromatic rings. The van der Waals surface area contributed by atoms with Crippen molar-refractivity contribution in [2.24, 2.45) is 0 Å². The van der Waals surface area contributed by atoms with E-state index in [0.717, 1.165) is 36.4 Å². The summed E-state index contributed by atoms with van der Waals surface area (Å²) in [6, 6.07) is 14.3. The Kier molecular flexibility index (Phi) is 6.70.